The Labute approximate surface area is 105 Å². The van der Waals surface area contributed by atoms with Crippen LogP contribution in [-0.4, -0.2) is 33.8 Å². The lowest BCUT2D eigenvalue weighted by atomic mass is 9.98. The normalized spacial score (nSPS) is 19.7. The zero-order valence-corrected chi connectivity index (χ0v) is 10.4. The van der Waals surface area contributed by atoms with Crippen molar-refractivity contribution >= 4 is 17.6 Å². The van der Waals surface area contributed by atoms with Gasteiger partial charge in [0.1, 0.15) is 5.82 Å². The summed E-state index contributed by atoms with van der Waals surface area (Å²) in [6.07, 6.45) is 1.61. The summed E-state index contributed by atoms with van der Waals surface area (Å²) in [4.78, 5) is 29.0. The molecule has 1 saturated heterocycles. The van der Waals surface area contributed by atoms with E-state index in [0.29, 0.717) is 12.4 Å². The van der Waals surface area contributed by atoms with Crippen LogP contribution >= 0.6 is 0 Å². The summed E-state index contributed by atoms with van der Waals surface area (Å²) in [7, 11) is 0. The van der Waals surface area contributed by atoms with Crippen molar-refractivity contribution in [3.8, 4) is 0 Å². The summed E-state index contributed by atoms with van der Waals surface area (Å²) in [5, 5.41) is 2.33. The molecule has 0 unspecified atom stereocenters. The van der Waals surface area contributed by atoms with E-state index in [9.17, 15) is 9.59 Å². The standard InChI is InChI=1S/C12H16N4O2/c1-12(2)11(18)15-9(17)7-16(12)6-8-4-3-5-14-10(8)13/h3-5H,6-7H2,1-2H3,(H2,13,14)(H,15,17,18). The average Bonchev–Trinajstić information content (AvgIpc) is 2.29. The highest BCUT2D eigenvalue weighted by Crippen LogP contribution is 2.22. The van der Waals surface area contributed by atoms with Crippen LogP contribution in [0.15, 0.2) is 18.3 Å². The molecule has 1 aliphatic rings. The summed E-state index contributed by atoms with van der Waals surface area (Å²) in [5.74, 6) is -0.158. The highest BCUT2D eigenvalue weighted by Gasteiger charge is 2.40. The monoisotopic (exact) mass is 248 g/mol. The highest BCUT2D eigenvalue weighted by molar-refractivity contribution is 6.02. The first-order chi connectivity index (χ1) is 8.41. The maximum Gasteiger partial charge on any atom is 0.246 e. The van der Waals surface area contributed by atoms with Crippen molar-refractivity contribution in [2.45, 2.75) is 25.9 Å². The van der Waals surface area contributed by atoms with Gasteiger partial charge in [0.2, 0.25) is 11.8 Å². The maximum absolute atomic E-state index is 11.8. The van der Waals surface area contributed by atoms with E-state index in [1.54, 1.807) is 31.0 Å². The Morgan fingerprint density at radius 3 is 2.89 bits per heavy atom. The van der Waals surface area contributed by atoms with E-state index >= 15 is 0 Å². The van der Waals surface area contributed by atoms with Crippen LogP contribution in [0.4, 0.5) is 5.82 Å². The highest BCUT2D eigenvalue weighted by atomic mass is 16.2. The fourth-order valence-corrected chi connectivity index (χ4v) is 1.88. The molecule has 1 aromatic rings. The molecule has 1 fully saturated rings. The zero-order chi connectivity index (χ0) is 13.3. The quantitative estimate of drug-likeness (QED) is 0.714. The number of rotatable bonds is 2. The first-order valence-corrected chi connectivity index (χ1v) is 5.70. The van der Waals surface area contributed by atoms with Crippen molar-refractivity contribution in [3.05, 3.63) is 23.9 Å². The van der Waals surface area contributed by atoms with E-state index in [4.69, 9.17) is 5.73 Å². The third-order valence-electron chi connectivity index (χ3n) is 3.22. The maximum atomic E-state index is 11.8. The van der Waals surface area contributed by atoms with Crippen molar-refractivity contribution in [2.24, 2.45) is 0 Å². The second kappa shape index (κ2) is 4.38. The number of nitrogen functional groups attached to an aromatic ring is 1. The lowest BCUT2D eigenvalue weighted by Gasteiger charge is -2.40. The van der Waals surface area contributed by atoms with Crippen LogP contribution in [0.25, 0.3) is 0 Å². The summed E-state index contributed by atoms with van der Waals surface area (Å²) >= 11 is 0. The molecule has 2 heterocycles. The molecule has 0 saturated carbocycles. The van der Waals surface area contributed by atoms with Crippen molar-refractivity contribution in [1.82, 2.24) is 15.2 Å². The zero-order valence-electron chi connectivity index (χ0n) is 10.4. The van der Waals surface area contributed by atoms with Crippen molar-refractivity contribution < 1.29 is 9.59 Å². The number of nitrogens with one attached hydrogen (secondary N) is 1. The van der Waals surface area contributed by atoms with E-state index in [1.165, 1.54) is 0 Å². The molecule has 0 aromatic carbocycles. The van der Waals surface area contributed by atoms with Gasteiger partial charge in [0.15, 0.2) is 0 Å². The second-order valence-electron chi connectivity index (χ2n) is 4.84. The number of nitrogens with zero attached hydrogens (tertiary/aromatic N) is 2. The summed E-state index contributed by atoms with van der Waals surface area (Å²) in [5.41, 5.74) is 5.85. The Bertz CT molecular complexity index is 499. The molecule has 0 bridgehead atoms. The van der Waals surface area contributed by atoms with Gasteiger partial charge in [0.25, 0.3) is 0 Å². The number of pyridine rings is 1. The van der Waals surface area contributed by atoms with E-state index in [-0.39, 0.29) is 18.4 Å². The van der Waals surface area contributed by atoms with Crippen molar-refractivity contribution in [3.63, 3.8) is 0 Å². The fourth-order valence-electron chi connectivity index (χ4n) is 1.88. The smallest absolute Gasteiger partial charge is 0.246 e. The number of aromatic nitrogens is 1. The molecule has 0 radical (unpaired) electrons. The molecule has 0 aliphatic carbocycles. The first kappa shape index (κ1) is 12.5. The molecule has 6 heteroatoms. The molecule has 96 valence electrons. The van der Waals surface area contributed by atoms with Crippen molar-refractivity contribution in [2.75, 3.05) is 12.3 Å². The number of imide groups is 1. The number of carbonyl (C=O) groups is 2. The molecule has 2 amide bonds. The SMILES string of the molecule is CC1(C)C(=O)NC(=O)CN1Cc1cccnc1N. The molecule has 0 atom stereocenters. The second-order valence-corrected chi connectivity index (χ2v) is 4.84. The molecule has 1 aromatic heterocycles. The van der Waals surface area contributed by atoms with Gasteiger partial charge in [0.05, 0.1) is 12.1 Å². The average molecular weight is 248 g/mol. The number of amides is 2. The Kier molecular flexibility index (Phi) is 3.04. The molecule has 3 N–H and O–H groups in total. The molecule has 2 rings (SSSR count). The minimum Gasteiger partial charge on any atom is -0.383 e. The minimum atomic E-state index is -0.740. The lowest BCUT2D eigenvalue weighted by molar-refractivity contribution is -0.145. The van der Waals surface area contributed by atoms with E-state index < -0.39 is 5.54 Å². The molecule has 6 nitrogen and oxygen atoms in total. The van der Waals surface area contributed by atoms with Gasteiger partial charge in [-0.1, -0.05) is 6.07 Å². The van der Waals surface area contributed by atoms with Crippen molar-refractivity contribution in [1.29, 1.82) is 0 Å². The Morgan fingerprint density at radius 2 is 2.22 bits per heavy atom. The number of anilines is 1. The number of hydrogen-bond donors (Lipinski definition) is 2. The lowest BCUT2D eigenvalue weighted by Crippen LogP contribution is -2.63. The van der Waals surface area contributed by atoms with Crippen LogP contribution < -0.4 is 11.1 Å². The largest absolute Gasteiger partial charge is 0.383 e. The van der Waals surface area contributed by atoms with Gasteiger partial charge in [-0.2, -0.15) is 0 Å². The molecular formula is C12H16N4O2. The summed E-state index contributed by atoms with van der Waals surface area (Å²) < 4.78 is 0. The summed E-state index contributed by atoms with van der Waals surface area (Å²) in [6, 6.07) is 3.62. The Balaban J connectivity index is 2.24. The third-order valence-corrected chi connectivity index (χ3v) is 3.22. The topological polar surface area (TPSA) is 88.3 Å². The number of hydrogen-bond acceptors (Lipinski definition) is 5. The van der Waals surface area contributed by atoms with Gasteiger partial charge in [-0.05, 0) is 19.9 Å². The van der Waals surface area contributed by atoms with Gasteiger partial charge in [0, 0.05) is 18.3 Å². The van der Waals surface area contributed by atoms with Crippen LogP contribution in [0.2, 0.25) is 0 Å². The van der Waals surface area contributed by atoms with Crippen LogP contribution in [0.1, 0.15) is 19.4 Å². The van der Waals surface area contributed by atoms with Crippen LogP contribution in [0.5, 0.6) is 0 Å². The first-order valence-electron chi connectivity index (χ1n) is 5.70. The number of nitrogens with two attached hydrogens (primary N) is 1. The minimum absolute atomic E-state index is 0.174. The van der Waals surface area contributed by atoms with Gasteiger partial charge in [-0.15, -0.1) is 0 Å². The van der Waals surface area contributed by atoms with Crippen LogP contribution in [0, 0.1) is 0 Å². The Hall–Kier alpha value is -1.95. The van der Waals surface area contributed by atoms with Crippen LogP contribution in [-0.2, 0) is 16.1 Å². The van der Waals surface area contributed by atoms with Gasteiger partial charge in [-0.3, -0.25) is 19.8 Å². The molecule has 0 spiro atoms. The fraction of sp³-hybridized carbons (Fsp3) is 0.417. The van der Waals surface area contributed by atoms with Crippen LogP contribution in [0.3, 0.4) is 0 Å². The predicted octanol–water partition coefficient (Wildman–Crippen LogP) is -0.0992. The molecule has 18 heavy (non-hydrogen) atoms. The van der Waals surface area contributed by atoms with Gasteiger partial charge in [-0.25, -0.2) is 4.98 Å². The molecule has 1 aliphatic heterocycles. The van der Waals surface area contributed by atoms with Gasteiger partial charge < -0.3 is 5.73 Å². The number of carbonyl (C=O) groups excluding carboxylic acids is 2. The molecular weight excluding hydrogens is 232 g/mol. The van der Waals surface area contributed by atoms with E-state index in [1.807, 2.05) is 6.07 Å². The van der Waals surface area contributed by atoms with Gasteiger partial charge >= 0.3 is 0 Å². The predicted molar refractivity (Wildman–Crippen MR) is 66.3 cm³/mol. The third kappa shape index (κ3) is 2.19. The van der Waals surface area contributed by atoms with E-state index in [2.05, 4.69) is 10.3 Å². The van der Waals surface area contributed by atoms with E-state index in [0.717, 1.165) is 5.56 Å². The Morgan fingerprint density at radius 1 is 1.50 bits per heavy atom. The number of piperazine rings is 1. The summed E-state index contributed by atoms with van der Waals surface area (Å²) in [6.45, 7) is 4.15.